The van der Waals surface area contributed by atoms with Gasteiger partial charge in [0.05, 0.1) is 6.67 Å². The molecule has 1 aliphatic heterocycles. The Morgan fingerprint density at radius 1 is 1.59 bits per heavy atom. The fraction of sp³-hybridized carbons (Fsp3) is 0.667. The molecule has 1 N–H and O–H groups in total. The highest BCUT2D eigenvalue weighted by Crippen LogP contribution is 2.22. The minimum Gasteiger partial charge on any atom is -0.388 e. The van der Waals surface area contributed by atoms with Crippen molar-refractivity contribution in [2.24, 2.45) is 5.92 Å². The molecule has 2 rings (SSSR count). The molecular formula is C12H19N3O2. The number of aliphatic hydroxyl groups is 1. The first kappa shape index (κ1) is 12.1. The van der Waals surface area contributed by atoms with E-state index < -0.39 is 0 Å². The molecule has 0 aromatic carbocycles. The molecule has 0 spiro atoms. The van der Waals surface area contributed by atoms with Gasteiger partial charge in [-0.05, 0) is 12.3 Å². The highest BCUT2D eigenvalue weighted by Gasteiger charge is 2.28. The van der Waals surface area contributed by atoms with Gasteiger partial charge < -0.3 is 14.6 Å². The quantitative estimate of drug-likeness (QED) is 0.830. The fourth-order valence-corrected chi connectivity index (χ4v) is 2.40. The number of nitrogens with zero attached hydrogens (tertiary/aromatic N) is 3. The van der Waals surface area contributed by atoms with E-state index in [4.69, 9.17) is 5.11 Å². The SMILES string of the molecule is CCCC1CC(=O)N(Cn2ccnc2CO)C1. The first-order valence-electron chi connectivity index (χ1n) is 6.13. The van der Waals surface area contributed by atoms with Crippen LogP contribution in [0.2, 0.25) is 0 Å². The zero-order valence-corrected chi connectivity index (χ0v) is 10.2. The summed E-state index contributed by atoms with van der Waals surface area (Å²) in [4.78, 5) is 17.7. The van der Waals surface area contributed by atoms with Gasteiger partial charge in [-0.1, -0.05) is 13.3 Å². The van der Waals surface area contributed by atoms with Gasteiger partial charge in [-0.3, -0.25) is 4.79 Å². The van der Waals surface area contributed by atoms with Crippen LogP contribution in [0, 0.1) is 5.92 Å². The fourth-order valence-electron chi connectivity index (χ4n) is 2.40. The molecule has 1 aromatic rings. The predicted octanol–water partition coefficient (Wildman–Crippen LogP) is 0.982. The van der Waals surface area contributed by atoms with Gasteiger partial charge >= 0.3 is 0 Å². The van der Waals surface area contributed by atoms with Crippen LogP contribution in [0.15, 0.2) is 12.4 Å². The maximum atomic E-state index is 11.8. The molecule has 0 radical (unpaired) electrons. The van der Waals surface area contributed by atoms with E-state index >= 15 is 0 Å². The first-order valence-corrected chi connectivity index (χ1v) is 6.13. The van der Waals surface area contributed by atoms with Gasteiger partial charge in [-0.2, -0.15) is 0 Å². The molecule has 5 nitrogen and oxygen atoms in total. The second-order valence-corrected chi connectivity index (χ2v) is 4.59. The Morgan fingerprint density at radius 3 is 3.12 bits per heavy atom. The second-order valence-electron chi connectivity index (χ2n) is 4.59. The molecule has 17 heavy (non-hydrogen) atoms. The van der Waals surface area contributed by atoms with E-state index in [1.807, 2.05) is 9.47 Å². The summed E-state index contributed by atoms with van der Waals surface area (Å²) in [6.45, 7) is 3.39. The van der Waals surface area contributed by atoms with Gasteiger partial charge in [0, 0.05) is 25.4 Å². The Bertz CT molecular complexity index is 389. The van der Waals surface area contributed by atoms with Crippen LogP contribution < -0.4 is 0 Å². The number of imidazole rings is 1. The Balaban J connectivity index is 1.98. The van der Waals surface area contributed by atoms with Crippen LogP contribution in [0.25, 0.3) is 0 Å². The summed E-state index contributed by atoms with van der Waals surface area (Å²) in [6.07, 6.45) is 6.34. The van der Waals surface area contributed by atoms with E-state index in [1.165, 1.54) is 0 Å². The summed E-state index contributed by atoms with van der Waals surface area (Å²) < 4.78 is 1.83. The molecule has 0 aliphatic carbocycles. The normalized spacial score (nSPS) is 20.2. The molecule has 5 heteroatoms. The van der Waals surface area contributed by atoms with Gasteiger partial charge in [0.25, 0.3) is 0 Å². The molecule has 1 aliphatic rings. The van der Waals surface area contributed by atoms with E-state index in [2.05, 4.69) is 11.9 Å². The molecular weight excluding hydrogens is 218 g/mol. The molecule has 94 valence electrons. The van der Waals surface area contributed by atoms with Crippen molar-refractivity contribution in [1.29, 1.82) is 0 Å². The largest absolute Gasteiger partial charge is 0.388 e. The third kappa shape index (κ3) is 2.66. The lowest BCUT2D eigenvalue weighted by Gasteiger charge is -2.18. The monoisotopic (exact) mass is 237 g/mol. The highest BCUT2D eigenvalue weighted by atomic mass is 16.3. The number of aliphatic hydroxyl groups excluding tert-OH is 1. The number of amides is 1. The Kier molecular flexibility index (Phi) is 3.78. The molecule has 1 unspecified atom stereocenters. The van der Waals surface area contributed by atoms with E-state index in [9.17, 15) is 4.79 Å². The van der Waals surface area contributed by atoms with E-state index in [1.54, 1.807) is 12.4 Å². The Hall–Kier alpha value is -1.36. The van der Waals surface area contributed by atoms with Crippen LogP contribution in [-0.4, -0.2) is 32.0 Å². The number of hydrogen-bond donors (Lipinski definition) is 1. The third-order valence-corrected chi connectivity index (χ3v) is 3.26. The van der Waals surface area contributed by atoms with Crippen molar-refractivity contribution in [2.75, 3.05) is 6.54 Å². The zero-order valence-electron chi connectivity index (χ0n) is 10.2. The number of rotatable bonds is 5. The van der Waals surface area contributed by atoms with Crippen molar-refractivity contribution in [2.45, 2.75) is 39.5 Å². The van der Waals surface area contributed by atoms with Crippen molar-refractivity contribution in [3.05, 3.63) is 18.2 Å². The summed E-state index contributed by atoms with van der Waals surface area (Å²) in [6, 6.07) is 0. The summed E-state index contributed by atoms with van der Waals surface area (Å²) in [7, 11) is 0. The lowest BCUT2D eigenvalue weighted by molar-refractivity contribution is -0.129. The number of carbonyl (C=O) groups is 1. The van der Waals surface area contributed by atoms with Crippen LogP contribution >= 0.6 is 0 Å². The number of carbonyl (C=O) groups excluding carboxylic acids is 1. The molecule has 1 saturated heterocycles. The van der Waals surface area contributed by atoms with Crippen LogP contribution in [-0.2, 0) is 18.1 Å². The lowest BCUT2D eigenvalue weighted by Crippen LogP contribution is -2.28. The topological polar surface area (TPSA) is 58.4 Å². The molecule has 0 saturated carbocycles. The highest BCUT2D eigenvalue weighted by molar-refractivity contribution is 5.78. The predicted molar refractivity (Wildman–Crippen MR) is 62.9 cm³/mol. The van der Waals surface area contributed by atoms with Crippen molar-refractivity contribution < 1.29 is 9.90 Å². The van der Waals surface area contributed by atoms with Gasteiger partial charge in [0.1, 0.15) is 12.4 Å². The molecule has 1 aromatic heterocycles. The smallest absolute Gasteiger partial charge is 0.224 e. The van der Waals surface area contributed by atoms with Crippen molar-refractivity contribution in [1.82, 2.24) is 14.5 Å². The van der Waals surface area contributed by atoms with Gasteiger partial charge in [0.15, 0.2) is 0 Å². The minimum absolute atomic E-state index is 0.0899. The average Bonchev–Trinajstić information content (AvgIpc) is 2.88. The maximum absolute atomic E-state index is 11.8. The molecule has 1 fully saturated rings. The average molecular weight is 237 g/mol. The minimum atomic E-state index is -0.0899. The van der Waals surface area contributed by atoms with E-state index in [-0.39, 0.29) is 12.5 Å². The van der Waals surface area contributed by atoms with E-state index in [0.717, 1.165) is 19.4 Å². The first-order chi connectivity index (χ1) is 8.24. The molecule has 0 bridgehead atoms. The summed E-state index contributed by atoms with van der Waals surface area (Å²) in [5.41, 5.74) is 0. The van der Waals surface area contributed by atoms with Crippen LogP contribution in [0.1, 0.15) is 32.0 Å². The van der Waals surface area contributed by atoms with Crippen LogP contribution in [0.4, 0.5) is 0 Å². The van der Waals surface area contributed by atoms with Crippen molar-refractivity contribution in [3.63, 3.8) is 0 Å². The third-order valence-electron chi connectivity index (χ3n) is 3.26. The van der Waals surface area contributed by atoms with Gasteiger partial charge in [-0.15, -0.1) is 0 Å². The summed E-state index contributed by atoms with van der Waals surface area (Å²) in [5.74, 6) is 1.31. The summed E-state index contributed by atoms with van der Waals surface area (Å²) in [5, 5.41) is 9.10. The van der Waals surface area contributed by atoms with Crippen LogP contribution in [0.3, 0.4) is 0 Å². The molecule has 1 amide bonds. The Labute approximate surface area is 101 Å². The number of hydrogen-bond acceptors (Lipinski definition) is 3. The summed E-state index contributed by atoms with van der Waals surface area (Å²) >= 11 is 0. The number of aromatic nitrogens is 2. The maximum Gasteiger partial charge on any atom is 0.224 e. The number of likely N-dealkylation sites (tertiary alicyclic amines) is 1. The standard InChI is InChI=1S/C12H19N3O2/c1-2-3-10-6-12(17)15(7-10)9-14-5-4-13-11(14)8-16/h4-5,10,16H,2-3,6-9H2,1H3. The molecule has 2 heterocycles. The zero-order chi connectivity index (χ0) is 12.3. The van der Waals surface area contributed by atoms with Crippen molar-refractivity contribution >= 4 is 5.91 Å². The Morgan fingerprint density at radius 2 is 2.41 bits per heavy atom. The van der Waals surface area contributed by atoms with Crippen molar-refractivity contribution in [3.8, 4) is 0 Å². The van der Waals surface area contributed by atoms with E-state index in [0.29, 0.717) is 24.8 Å². The van der Waals surface area contributed by atoms with Gasteiger partial charge in [-0.25, -0.2) is 4.98 Å². The van der Waals surface area contributed by atoms with Crippen LogP contribution in [0.5, 0.6) is 0 Å². The van der Waals surface area contributed by atoms with Gasteiger partial charge in [0.2, 0.25) is 5.91 Å². The second kappa shape index (κ2) is 5.31. The molecule has 1 atom stereocenters. The lowest BCUT2D eigenvalue weighted by atomic mass is 10.0.